The van der Waals surface area contributed by atoms with Crippen LogP contribution in [0.4, 0.5) is 87.8 Å². The molecule has 0 bridgehead atoms. The van der Waals surface area contributed by atoms with Gasteiger partial charge in [-0.25, -0.2) is 0 Å². The molecule has 0 saturated heterocycles. The van der Waals surface area contributed by atoms with Gasteiger partial charge in [0.25, 0.3) is 0 Å². The molecule has 35 heavy (non-hydrogen) atoms. The van der Waals surface area contributed by atoms with Crippen molar-refractivity contribution in [1.29, 1.82) is 0 Å². The fraction of sp³-hybridized carbons (Fsp3) is 0.667. The normalized spacial score (nSPS) is 17.2. The van der Waals surface area contributed by atoms with Gasteiger partial charge < -0.3 is 4.74 Å². The number of hydrogen-bond acceptors (Lipinski definition) is 1. The standard InChI is InChI=1S/C12F20I2O/c13-1(5(17,18)7(21,22)9(25,26)11(29,30)33)3(15)35-4(16)2(14)6(19,20)8(23,24)10(27,28)12(31,32)34. The zero-order valence-corrected chi connectivity index (χ0v) is 19.0. The monoisotopic (exact) mass is 794 g/mol. The number of ether oxygens (including phenoxy) is 1. The maximum Gasteiger partial charge on any atom is 0.387 e. The molecule has 0 N–H and O–H groups in total. The minimum atomic E-state index is -7.65. The third kappa shape index (κ3) is 5.47. The predicted molar refractivity (Wildman–Crippen MR) is 87.2 cm³/mol. The maximum atomic E-state index is 13.2. The van der Waals surface area contributed by atoms with Crippen LogP contribution >= 0.6 is 45.2 Å². The molecule has 0 unspecified atom stereocenters. The molecule has 0 fully saturated rings. The highest BCUT2D eigenvalue weighted by molar-refractivity contribution is 14.1. The molecular formula is C12F20I2O. The topological polar surface area (TPSA) is 9.23 Å². The largest absolute Gasteiger partial charge is 0.400 e. The lowest BCUT2D eigenvalue weighted by Gasteiger charge is -2.34. The number of hydrogen-bond donors (Lipinski definition) is 0. The van der Waals surface area contributed by atoms with Gasteiger partial charge in [-0.05, 0) is 0 Å². The Kier molecular flexibility index (Phi) is 9.40. The van der Waals surface area contributed by atoms with E-state index in [4.69, 9.17) is 0 Å². The molecule has 0 heterocycles. The molecule has 0 aromatic heterocycles. The summed E-state index contributed by atoms with van der Waals surface area (Å²) in [5, 5.41) is 0. The van der Waals surface area contributed by atoms with Gasteiger partial charge in [-0.3, -0.25) is 0 Å². The SMILES string of the molecule is FC(OC(F)=C(F)C(F)(F)C(F)(F)C(F)(F)C(F)(F)I)=C(F)C(F)(F)C(F)(F)C(F)(F)C(F)(F)I. The summed E-state index contributed by atoms with van der Waals surface area (Å²) < 4.78 is 250. The van der Waals surface area contributed by atoms with E-state index in [9.17, 15) is 87.8 Å². The van der Waals surface area contributed by atoms with Gasteiger partial charge in [-0.2, -0.15) is 87.8 Å². The quantitative estimate of drug-likeness (QED) is 0.0929. The Hall–Kier alpha value is -0.660. The van der Waals surface area contributed by atoms with Crippen LogP contribution in [-0.4, -0.2) is 43.4 Å². The fourth-order valence-corrected chi connectivity index (χ4v) is 2.12. The van der Waals surface area contributed by atoms with Crippen LogP contribution in [0, 0.1) is 0 Å². The van der Waals surface area contributed by atoms with Crippen LogP contribution in [0.2, 0.25) is 0 Å². The predicted octanol–water partition coefficient (Wildman–Crippen LogP) is 9.09. The lowest BCUT2D eigenvalue weighted by atomic mass is 10.0. The smallest absolute Gasteiger partial charge is 0.387 e. The van der Waals surface area contributed by atoms with Crippen molar-refractivity contribution in [2.75, 3.05) is 0 Å². The van der Waals surface area contributed by atoms with Gasteiger partial charge in [0.05, 0.1) is 0 Å². The Labute approximate surface area is 204 Å². The first-order valence-electron chi connectivity index (χ1n) is 7.07. The number of alkyl halides is 18. The average molecular weight is 794 g/mol. The van der Waals surface area contributed by atoms with Gasteiger partial charge in [0.2, 0.25) is 11.7 Å². The van der Waals surface area contributed by atoms with E-state index >= 15 is 0 Å². The second-order valence-electron chi connectivity index (χ2n) is 5.72. The van der Waals surface area contributed by atoms with Crippen molar-refractivity contribution in [3.05, 3.63) is 23.7 Å². The van der Waals surface area contributed by atoms with Gasteiger partial charge in [0, 0.05) is 45.2 Å². The van der Waals surface area contributed by atoms with E-state index in [0.29, 0.717) is 0 Å². The van der Waals surface area contributed by atoms with Crippen LogP contribution in [0.3, 0.4) is 0 Å². The number of rotatable bonds is 10. The molecule has 0 aromatic carbocycles. The Morgan fingerprint density at radius 1 is 0.400 bits per heavy atom. The lowest BCUT2D eigenvalue weighted by Crippen LogP contribution is -2.60. The van der Waals surface area contributed by atoms with E-state index in [1.165, 1.54) is 0 Å². The van der Waals surface area contributed by atoms with Crippen molar-refractivity contribution in [3.8, 4) is 0 Å². The van der Waals surface area contributed by atoms with Crippen molar-refractivity contribution >= 4 is 45.2 Å². The zero-order chi connectivity index (χ0) is 29.0. The van der Waals surface area contributed by atoms with E-state index in [2.05, 4.69) is 4.74 Å². The minimum Gasteiger partial charge on any atom is -0.400 e. The highest BCUT2D eigenvalue weighted by Crippen LogP contribution is 2.59. The second-order valence-corrected chi connectivity index (χ2v) is 8.43. The third-order valence-corrected chi connectivity index (χ3v) is 4.72. The summed E-state index contributed by atoms with van der Waals surface area (Å²) in [5.41, 5.74) is 0. The molecule has 1 nitrogen and oxygen atoms in total. The van der Waals surface area contributed by atoms with Crippen LogP contribution < -0.4 is 0 Å². The summed E-state index contributed by atoms with van der Waals surface area (Å²) in [4.78, 5) is 0. The second kappa shape index (κ2) is 9.58. The molecular weight excluding hydrogens is 794 g/mol. The Morgan fingerprint density at radius 3 is 0.771 bits per heavy atom. The summed E-state index contributed by atoms with van der Waals surface area (Å²) in [6, 6.07) is -8.94. The molecule has 0 spiro atoms. The molecule has 23 heteroatoms. The first-order valence-corrected chi connectivity index (χ1v) is 9.22. The zero-order valence-electron chi connectivity index (χ0n) is 14.7. The molecule has 0 aliphatic carbocycles. The van der Waals surface area contributed by atoms with E-state index in [-0.39, 0.29) is 0 Å². The molecule has 0 aromatic rings. The molecule has 0 saturated carbocycles. The Bertz CT molecular complexity index is 792. The molecule has 0 aliphatic rings. The van der Waals surface area contributed by atoms with E-state index in [0.717, 1.165) is 0 Å². The van der Waals surface area contributed by atoms with Crippen molar-refractivity contribution in [3.63, 3.8) is 0 Å². The highest BCUT2D eigenvalue weighted by atomic mass is 127. The van der Waals surface area contributed by atoms with Gasteiger partial charge >= 0.3 is 55.4 Å². The third-order valence-electron chi connectivity index (χ3n) is 3.37. The van der Waals surface area contributed by atoms with Crippen molar-refractivity contribution in [1.82, 2.24) is 0 Å². The minimum absolute atomic E-state index is 0.865. The molecule has 0 amide bonds. The highest BCUT2D eigenvalue weighted by Gasteiger charge is 2.83. The number of halogens is 22. The van der Waals surface area contributed by atoms with Crippen molar-refractivity contribution in [2.45, 2.75) is 43.4 Å². The molecule has 208 valence electrons. The van der Waals surface area contributed by atoms with E-state index in [1.54, 1.807) is 0 Å². The Balaban J connectivity index is 6.56. The lowest BCUT2D eigenvalue weighted by molar-refractivity contribution is -0.336. The van der Waals surface area contributed by atoms with E-state index in [1.807, 2.05) is 0 Å². The van der Waals surface area contributed by atoms with Crippen LogP contribution in [-0.2, 0) is 4.74 Å². The summed E-state index contributed by atoms with van der Waals surface area (Å²) >= 11 is -1.73. The molecule has 0 rings (SSSR count). The molecule has 0 atom stereocenters. The first kappa shape index (κ1) is 34.3. The fourth-order valence-electron chi connectivity index (χ4n) is 1.44. The summed E-state index contributed by atoms with van der Waals surface area (Å²) in [6.07, 6.45) is 0. The maximum absolute atomic E-state index is 13.2. The van der Waals surface area contributed by atoms with E-state index < -0.39 is 112 Å². The first-order chi connectivity index (χ1) is 14.9. The average Bonchev–Trinajstić information content (AvgIpc) is 2.63. The molecule has 0 aliphatic heterocycles. The summed E-state index contributed by atoms with van der Waals surface area (Å²) in [5.74, 6) is -54.5. The summed E-state index contributed by atoms with van der Waals surface area (Å²) in [6.45, 7) is 0. The van der Waals surface area contributed by atoms with Gasteiger partial charge in [-0.15, -0.1) is 0 Å². The van der Waals surface area contributed by atoms with Crippen LogP contribution in [0.1, 0.15) is 0 Å². The van der Waals surface area contributed by atoms with Crippen LogP contribution in [0.5, 0.6) is 0 Å². The van der Waals surface area contributed by atoms with Crippen LogP contribution in [0.25, 0.3) is 0 Å². The van der Waals surface area contributed by atoms with Gasteiger partial charge in [0.1, 0.15) is 0 Å². The van der Waals surface area contributed by atoms with Crippen molar-refractivity contribution in [2.24, 2.45) is 0 Å². The van der Waals surface area contributed by atoms with Gasteiger partial charge in [0.15, 0.2) is 0 Å². The molecule has 0 radical (unpaired) electrons. The van der Waals surface area contributed by atoms with Crippen molar-refractivity contribution < 1.29 is 92.5 Å². The summed E-state index contributed by atoms with van der Waals surface area (Å²) in [7, 11) is 0. The van der Waals surface area contributed by atoms with Gasteiger partial charge in [-0.1, -0.05) is 0 Å². The number of allylic oxidation sites excluding steroid dienone is 2. The Morgan fingerprint density at radius 2 is 0.600 bits per heavy atom. The van der Waals surface area contributed by atoms with Crippen LogP contribution in [0.15, 0.2) is 23.7 Å².